The Morgan fingerprint density at radius 3 is 2.06 bits per heavy atom. The van der Waals surface area contributed by atoms with Crippen molar-refractivity contribution in [1.29, 1.82) is 0 Å². The predicted molar refractivity (Wildman–Crippen MR) is 114 cm³/mol. The maximum absolute atomic E-state index is 10.7. The first-order valence-electron chi connectivity index (χ1n) is 10.5. The lowest BCUT2D eigenvalue weighted by Crippen LogP contribution is -2.62. The maximum atomic E-state index is 10.7. The van der Waals surface area contributed by atoms with E-state index in [9.17, 15) is 15.3 Å². The lowest BCUT2D eigenvalue weighted by molar-refractivity contribution is -0.361. The topological polar surface area (TPSA) is 97.6 Å². The van der Waals surface area contributed by atoms with Crippen LogP contribution in [0.1, 0.15) is 25.0 Å². The van der Waals surface area contributed by atoms with Gasteiger partial charge < -0.3 is 34.3 Å². The average Bonchev–Trinajstić information content (AvgIpc) is 2.78. The van der Waals surface area contributed by atoms with Crippen LogP contribution < -0.4 is 0 Å². The van der Waals surface area contributed by atoms with Crippen molar-refractivity contribution >= 4 is 0 Å². The first kappa shape index (κ1) is 23.8. The van der Waals surface area contributed by atoms with Crippen molar-refractivity contribution in [3.05, 3.63) is 71.8 Å². The molecule has 1 saturated heterocycles. The minimum atomic E-state index is -1.37. The van der Waals surface area contributed by atoms with E-state index in [1.165, 1.54) is 0 Å². The zero-order valence-electron chi connectivity index (χ0n) is 18.0. The van der Waals surface area contributed by atoms with Crippen molar-refractivity contribution in [1.82, 2.24) is 0 Å². The molecule has 0 aliphatic carbocycles. The Hall–Kier alpha value is -1.84. The summed E-state index contributed by atoms with van der Waals surface area (Å²) in [6.45, 7) is 3.75. The molecule has 31 heavy (non-hydrogen) atoms. The van der Waals surface area contributed by atoms with Crippen molar-refractivity contribution in [3.63, 3.8) is 0 Å². The molecule has 170 valence electrons. The summed E-state index contributed by atoms with van der Waals surface area (Å²) < 4.78 is 24.0. The quantitative estimate of drug-likeness (QED) is 0.528. The van der Waals surface area contributed by atoms with Crippen LogP contribution in [0.5, 0.6) is 0 Å². The second-order valence-corrected chi connectivity index (χ2v) is 8.14. The Kier molecular flexibility index (Phi) is 8.57. The highest BCUT2D eigenvalue weighted by molar-refractivity contribution is 5.14. The Labute approximate surface area is 183 Å². The maximum Gasteiger partial charge on any atom is 0.164 e. The van der Waals surface area contributed by atoms with Gasteiger partial charge in [-0.3, -0.25) is 0 Å². The van der Waals surface area contributed by atoms with Crippen LogP contribution in [0, 0.1) is 0 Å². The first-order valence-corrected chi connectivity index (χ1v) is 10.5. The fourth-order valence-corrected chi connectivity index (χ4v) is 3.62. The van der Waals surface area contributed by atoms with Gasteiger partial charge in [-0.2, -0.15) is 0 Å². The van der Waals surface area contributed by atoms with Crippen LogP contribution >= 0.6 is 0 Å². The molecule has 7 nitrogen and oxygen atoms in total. The minimum Gasteiger partial charge on any atom is -0.394 e. The van der Waals surface area contributed by atoms with Gasteiger partial charge in [0.05, 0.1) is 26.4 Å². The molecule has 2 aromatic rings. The summed E-state index contributed by atoms with van der Waals surface area (Å²) in [7, 11) is 0. The zero-order valence-corrected chi connectivity index (χ0v) is 18.0. The number of benzene rings is 2. The van der Waals surface area contributed by atoms with Gasteiger partial charge in [0.25, 0.3) is 0 Å². The number of aliphatic hydroxyl groups is 3. The normalized spacial score (nSPS) is 25.1. The monoisotopic (exact) mass is 432 g/mol. The van der Waals surface area contributed by atoms with Gasteiger partial charge in [0.2, 0.25) is 0 Å². The molecule has 7 heteroatoms. The molecule has 5 atom stereocenters. The third kappa shape index (κ3) is 6.82. The molecule has 0 saturated carbocycles. The van der Waals surface area contributed by atoms with E-state index in [0.29, 0.717) is 6.61 Å². The fourth-order valence-electron chi connectivity index (χ4n) is 3.62. The molecular weight excluding hydrogens is 400 g/mol. The molecule has 0 radical (unpaired) electrons. The van der Waals surface area contributed by atoms with Gasteiger partial charge in [-0.05, 0) is 25.0 Å². The summed E-state index contributed by atoms with van der Waals surface area (Å²) in [6.07, 6.45) is -4.92. The summed E-state index contributed by atoms with van der Waals surface area (Å²) >= 11 is 0. The summed E-state index contributed by atoms with van der Waals surface area (Å²) in [5, 5.41) is 30.0. The van der Waals surface area contributed by atoms with Crippen molar-refractivity contribution < 1.29 is 34.3 Å². The predicted octanol–water partition coefficient (Wildman–Crippen LogP) is 2.02. The van der Waals surface area contributed by atoms with E-state index in [1.807, 2.05) is 60.7 Å². The average molecular weight is 433 g/mol. The van der Waals surface area contributed by atoms with Crippen molar-refractivity contribution in [3.8, 4) is 0 Å². The summed E-state index contributed by atoms with van der Waals surface area (Å²) in [4.78, 5) is 0. The van der Waals surface area contributed by atoms with Gasteiger partial charge in [0.1, 0.15) is 30.5 Å². The molecule has 1 aliphatic rings. The molecule has 2 aromatic carbocycles. The Morgan fingerprint density at radius 1 is 0.903 bits per heavy atom. The van der Waals surface area contributed by atoms with E-state index < -0.39 is 42.9 Å². The molecule has 3 rings (SSSR count). The minimum absolute atomic E-state index is 0.208. The number of hydrogen-bond acceptors (Lipinski definition) is 7. The van der Waals surface area contributed by atoms with Gasteiger partial charge in [-0.15, -0.1) is 0 Å². The number of hydrogen-bond donors (Lipinski definition) is 3. The van der Waals surface area contributed by atoms with Crippen LogP contribution in [0.4, 0.5) is 0 Å². The molecule has 0 amide bonds. The standard InChI is InChI=1S/C24H32O7/c1-24(2)30-20(16-28-14-17-9-5-3-6-10-17)22(23(31-24)21(27)19(26)13-25)29-15-18-11-7-4-8-12-18/h3-12,19-23,25-27H,13-16H2,1-2H3/t19-,20+,21-,22+,23-/m0/s1. The smallest absolute Gasteiger partial charge is 0.164 e. The fraction of sp³-hybridized carbons (Fsp3) is 0.500. The number of rotatable bonds is 10. The van der Waals surface area contributed by atoms with E-state index in [-0.39, 0.29) is 13.2 Å². The summed E-state index contributed by atoms with van der Waals surface area (Å²) in [5.41, 5.74) is 1.98. The van der Waals surface area contributed by atoms with Crippen molar-refractivity contribution in [2.45, 2.75) is 63.4 Å². The third-order valence-electron chi connectivity index (χ3n) is 5.14. The van der Waals surface area contributed by atoms with E-state index in [4.69, 9.17) is 18.9 Å². The van der Waals surface area contributed by atoms with Crippen LogP contribution in [0.2, 0.25) is 0 Å². The molecule has 3 N–H and O–H groups in total. The highest BCUT2D eigenvalue weighted by Gasteiger charge is 2.48. The van der Waals surface area contributed by atoms with Gasteiger partial charge in [0, 0.05) is 0 Å². The number of ether oxygens (including phenoxy) is 4. The van der Waals surface area contributed by atoms with Crippen LogP contribution in [0.15, 0.2) is 60.7 Å². The van der Waals surface area contributed by atoms with E-state index in [1.54, 1.807) is 13.8 Å². The lowest BCUT2D eigenvalue weighted by atomic mass is 9.96. The molecule has 0 aromatic heterocycles. The largest absolute Gasteiger partial charge is 0.394 e. The van der Waals surface area contributed by atoms with Crippen LogP contribution in [0.25, 0.3) is 0 Å². The molecule has 0 spiro atoms. The Morgan fingerprint density at radius 2 is 1.48 bits per heavy atom. The van der Waals surface area contributed by atoms with Crippen LogP contribution in [0.3, 0.4) is 0 Å². The van der Waals surface area contributed by atoms with E-state index >= 15 is 0 Å². The van der Waals surface area contributed by atoms with Crippen LogP contribution in [-0.2, 0) is 32.2 Å². The summed E-state index contributed by atoms with van der Waals surface area (Å²) in [5.74, 6) is -1.03. The Balaban J connectivity index is 1.75. The van der Waals surface area contributed by atoms with Gasteiger partial charge in [-0.1, -0.05) is 60.7 Å². The highest BCUT2D eigenvalue weighted by atomic mass is 16.7. The molecule has 0 unspecified atom stereocenters. The molecule has 1 aliphatic heterocycles. The van der Waals surface area contributed by atoms with Crippen molar-refractivity contribution in [2.75, 3.05) is 13.2 Å². The van der Waals surface area contributed by atoms with Gasteiger partial charge in [-0.25, -0.2) is 0 Å². The second kappa shape index (κ2) is 11.2. The Bertz CT molecular complexity index is 768. The van der Waals surface area contributed by atoms with Crippen molar-refractivity contribution in [2.24, 2.45) is 0 Å². The highest BCUT2D eigenvalue weighted by Crippen LogP contribution is 2.32. The van der Waals surface area contributed by atoms with Gasteiger partial charge in [0.15, 0.2) is 5.79 Å². The number of aliphatic hydroxyl groups excluding tert-OH is 3. The molecule has 1 heterocycles. The SMILES string of the molecule is CC1(C)O[C@@H]([C@@H](O)[C@@H](O)CO)[C@H](OCc2ccccc2)[C@@H](COCc2ccccc2)O1. The summed E-state index contributed by atoms with van der Waals surface area (Å²) in [6, 6.07) is 19.4. The van der Waals surface area contributed by atoms with Gasteiger partial charge >= 0.3 is 0 Å². The van der Waals surface area contributed by atoms with Crippen LogP contribution in [-0.4, -0.2) is 64.8 Å². The zero-order chi connectivity index (χ0) is 22.3. The first-order chi connectivity index (χ1) is 14.9. The van der Waals surface area contributed by atoms with E-state index in [2.05, 4.69) is 0 Å². The second-order valence-electron chi connectivity index (χ2n) is 8.14. The molecular formula is C24H32O7. The third-order valence-corrected chi connectivity index (χ3v) is 5.14. The molecule has 1 fully saturated rings. The lowest BCUT2D eigenvalue weighted by Gasteiger charge is -2.47. The molecule has 0 bridgehead atoms. The van der Waals surface area contributed by atoms with E-state index in [0.717, 1.165) is 11.1 Å².